The quantitative estimate of drug-likeness (QED) is 0.596. The summed E-state index contributed by atoms with van der Waals surface area (Å²) in [6, 6.07) is 0. The number of aliphatic hydroxyl groups excluding tert-OH is 1. The number of aliphatic hydroxyl groups is 1. The molecular formula is C10H20O2. The first kappa shape index (κ1) is 11.7. The molecule has 0 aliphatic heterocycles. The predicted octanol–water partition coefficient (Wildman–Crippen LogP) is 2.13. The Kier molecular flexibility index (Phi) is 7.11. The third kappa shape index (κ3) is 4.52. The van der Waals surface area contributed by atoms with Gasteiger partial charge in [0, 0.05) is 7.11 Å². The Morgan fingerprint density at radius 3 is 2.58 bits per heavy atom. The van der Waals surface area contributed by atoms with Gasteiger partial charge >= 0.3 is 0 Å². The van der Waals surface area contributed by atoms with Crippen LogP contribution in [-0.2, 0) is 4.74 Å². The summed E-state index contributed by atoms with van der Waals surface area (Å²) in [4.78, 5) is 0. The summed E-state index contributed by atoms with van der Waals surface area (Å²) in [6.07, 6.45) is 5.05. The van der Waals surface area contributed by atoms with Gasteiger partial charge in [-0.3, -0.25) is 0 Å². The zero-order valence-electron chi connectivity index (χ0n) is 8.12. The van der Waals surface area contributed by atoms with Gasteiger partial charge in [-0.15, -0.1) is 6.58 Å². The standard InChI is InChI=1S/C10H20O2/c1-4-6-8-9(11)10(12-3)7-5-2/h4,9-11H,1,5-8H2,2-3H3. The fourth-order valence-electron chi connectivity index (χ4n) is 1.23. The number of hydrogen-bond donors (Lipinski definition) is 1. The monoisotopic (exact) mass is 172 g/mol. The lowest BCUT2D eigenvalue weighted by molar-refractivity contribution is -0.0196. The molecule has 0 spiro atoms. The van der Waals surface area contributed by atoms with Crippen molar-refractivity contribution in [3.8, 4) is 0 Å². The molecule has 12 heavy (non-hydrogen) atoms. The van der Waals surface area contributed by atoms with Gasteiger partial charge in [-0.05, 0) is 19.3 Å². The molecule has 0 radical (unpaired) electrons. The molecule has 0 rings (SSSR count). The molecule has 0 amide bonds. The molecule has 2 unspecified atom stereocenters. The molecular weight excluding hydrogens is 152 g/mol. The minimum atomic E-state index is -0.340. The van der Waals surface area contributed by atoms with E-state index in [-0.39, 0.29) is 12.2 Å². The zero-order chi connectivity index (χ0) is 9.40. The second-order valence-corrected chi connectivity index (χ2v) is 3.00. The SMILES string of the molecule is C=CCCC(O)C(CCC)OC. The molecule has 0 heterocycles. The molecule has 0 saturated heterocycles. The summed E-state index contributed by atoms with van der Waals surface area (Å²) in [6.45, 7) is 5.70. The largest absolute Gasteiger partial charge is 0.390 e. The maximum atomic E-state index is 9.60. The van der Waals surface area contributed by atoms with Crippen molar-refractivity contribution in [3.63, 3.8) is 0 Å². The molecule has 0 aromatic rings. The van der Waals surface area contributed by atoms with E-state index in [1.165, 1.54) is 0 Å². The number of methoxy groups -OCH3 is 1. The van der Waals surface area contributed by atoms with Crippen LogP contribution in [0.25, 0.3) is 0 Å². The van der Waals surface area contributed by atoms with Crippen molar-refractivity contribution >= 4 is 0 Å². The van der Waals surface area contributed by atoms with Crippen LogP contribution in [0.1, 0.15) is 32.6 Å². The summed E-state index contributed by atoms with van der Waals surface area (Å²) in [5, 5.41) is 9.60. The van der Waals surface area contributed by atoms with Crippen molar-refractivity contribution in [1.82, 2.24) is 0 Å². The van der Waals surface area contributed by atoms with Crippen LogP contribution in [-0.4, -0.2) is 24.4 Å². The van der Waals surface area contributed by atoms with Crippen LogP contribution in [0.2, 0.25) is 0 Å². The number of allylic oxidation sites excluding steroid dienone is 1. The summed E-state index contributed by atoms with van der Waals surface area (Å²) in [5.41, 5.74) is 0. The lowest BCUT2D eigenvalue weighted by Gasteiger charge is -2.20. The van der Waals surface area contributed by atoms with Crippen molar-refractivity contribution in [1.29, 1.82) is 0 Å². The van der Waals surface area contributed by atoms with E-state index < -0.39 is 0 Å². The molecule has 0 aliphatic carbocycles. The van der Waals surface area contributed by atoms with Gasteiger partial charge in [-0.2, -0.15) is 0 Å². The van der Waals surface area contributed by atoms with Crippen molar-refractivity contribution < 1.29 is 9.84 Å². The van der Waals surface area contributed by atoms with E-state index in [0.29, 0.717) is 0 Å². The Morgan fingerprint density at radius 2 is 2.17 bits per heavy atom. The van der Waals surface area contributed by atoms with Crippen molar-refractivity contribution in [3.05, 3.63) is 12.7 Å². The first-order valence-electron chi connectivity index (χ1n) is 4.58. The average Bonchev–Trinajstić information content (AvgIpc) is 2.10. The Labute approximate surface area is 75.2 Å². The van der Waals surface area contributed by atoms with Crippen LogP contribution >= 0.6 is 0 Å². The van der Waals surface area contributed by atoms with Gasteiger partial charge < -0.3 is 9.84 Å². The van der Waals surface area contributed by atoms with Gasteiger partial charge in [-0.1, -0.05) is 19.4 Å². The molecule has 0 bridgehead atoms. The summed E-state index contributed by atoms with van der Waals surface area (Å²) in [7, 11) is 1.65. The van der Waals surface area contributed by atoms with E-state index in [1.807, 2.05) is 6.08 Å². The molecule has 2 nitrogen and oxygen atoms in total. The van der Waals surface area contributed by atoms with Crippen LogP contribution in [0.3, 0.4) is 0 Å². The zero-order valence-corrected chi connectivity index (χ0v) is 8.12. The molecule has 2 heteroatoms. The minimum absolute atomic E-state index is 0.00468. The van der Waals surface area contributed by atoms with Gasteiger partial charge in [0.25, 0.3) is 0 Å². The van der Waals surface area contributed by atoms with E-state index >= 15 is 0 Å². The fourth-order valence-corrected chi connectivity index (χ4v) is 1.23. The van der Waals surface area contributed by atoms with E-state index in [9.17, 15) is 5.11 Å². The second-order valence-electron chi connectivity index (χ2n) is 3.00. The molecule has 0 aromatic carbocycles. The molecule has 72 valence electrons. The lowest BCUT2D eigenvalue weighted by Crippen LogP contribution is -2.27. The average molecular weight is 172 g/mol. The van der Waals surface area contributed by atoms with E-state index in [1.54, 1.807) is 7.11 Å². The van der Waals surface area contributed by atoms with Crippen LogP contribution in [0.5, 0.6) is 0 Å². The highest BCUT2D eigenvalue weighted by Crippen LogP contribution is 2.11. The van der Waals surface area contributed by atoms with Crippen molar-refractivity contribution in [2.24, 2.45) is 0 Å². The van der Waals surface area contributed by atoms with Crippen LogP contribution < -0.4 is 0 Å². The highest BCUT2D eigenvalue weighted by Gasteiger charge is 2.16. The molecule has 0 aromatic heterocycles. The minimum Gasteiger partial charge on any atom is -0.390 e. The number of ether oxygens (including phenoxy) is 1. The molecule has 0 saturated carbocycles. The highest BCUT2D eigenvalue weighted by molar-refractivity contribution is 4.74. The summed E-state index contributed by atoms with van der Waals surface area (Å²) >= 11 is 0. The smallest absolute Gasteiger partial charge is 0.0830 e. The Hall–Kier alpha value is -0.340. The van der Waals surface area contributed by atoms with Crippen molar-refractivity contribution in [2.75, 3.05) is 7.11 Å². The number of rotatable bonds is 7. The van der Waals surface area contributed by atoms with Crippen LogP contribution in [0.15, 0.2) is 12.7 Å². The van der Waals surface area contributed by atoms with Gasteiger partial charge in [0.05, 0.1) is 12.2 Å². The second kappa shape index (κ2) is 7.32. The third-order valence-corrected chi connectivity index (χ3v) is 1.97. The van der Waals surface area contributed by atoms with E-state index in [2.05, 4.69) is 13.5 Å². The van der Waals surface area contributed by atoms with Gasteiger partial charge in [0.2, 0.25) is 0 Å². The van der Waals surface area contributed by atoms with Gasteiger partial charge in [0.1, 0.15) is 0 Å². The van der Waals surface area contributed by atoms with Crippen LogP contribution in [0.4, 0.5) is 0 Å². The van der Waals surface area contributed by atoms with E-state index in [4.69, 9.17) is 4.74 Å². The predicted molar refractivity (Wildman–Crippen MR) is 51.1 cm³/mol. The Bertz CT molecular complexity index is 112. The topological polar surface area (TPSA) is 29.5 Å². The maximum absolute atomic E-state index is 9.60. The first-order chi connectivity index (χ1) is 5.76. The lowest BCUT2D eigenvalue weighted by atomic mass is 10.0. The molecule has 1 N–H and O–H groups in total. The Morgan fingerprint density at radius 1 is 1.50 bits per heavy atom. The first-order valence-corrected chi connectivity index (χ1v) is 4.58. The fraction of sp³-hybridized carbons (Fsp3) is 0.800. The van der Waals surface area contributed by atoms with Crippen molar-refractivity contribution in [2.45, 2.75) is 44.8 Å². The van der Waals surface area contributed by atoms with Gasteiger partial charge in [-0.25, -0.2) is 0 Å². The highest BCUT2D eigenvalue weighted by atomic mass is 16.5. The van der Waals surface area contributed by atoms with Gasteiger partial charge in [0.15, 0.2) is 0 Å². The summed E-state index contributed by atoms with van der Waals surface area (Å²) < 4.78 is 5.17. The molecule has 0 aliphatic rings. The summed E-state index contributed by atoms with van der Waals surface area (Å²) in [5.74, 6) is 0. The third-order valence-electron chi connectivity index (χ3n) is 1.97. The molecule has 2 atom stereocenters. The maximum Gasteiger partial charge on any atom is 0.0830 e. The number of hydrogen-bond acceptors (Lipinski definition) is 2. The Balaban J connectivity index is 3.67. The van der Waals surface area contributed by atoms with Crippen LogP contribution in [0, 0.1) is 0 Å². The molecule has 0 fully saturated rings. The van der Waals surface area contributed by atoms with E-state index in [0.717, 1.165) is 25.7 Å². The normalized spacial score (nSPS) is 15.6.